The molecule has 0 spiro atoms. The molecule has 0 aliphatic heterocycles. The van der Waals surface area contributed by atoms with E-state index in [0.717, 1.165) is 0 Å². The Hall–Kier alpha value is -11.9. The van der Waals surface area contributed by atoms with Gasteiger partial charge in [-0.05, 0) is 0 Å². The number of hydrogen-bond donors (Lipinski definition) is 48. The molecule has 868 valence electrons. The number of carboxylic acids is 6. The second-order valence-electron chi connectivity index (χ2n) is 30.7. The van der Waals surface area contributed by atoms with Crippen molar-refractivity contribution >= 4 is 138 Å². The molecule has 0 aromatic carbocycles. The first-order chi connectivity index (χ1) is 69.2. The molecule has 0 radical (unpaired) electrons. The van der Waals surface area contributed by atoms with Crippen LogP contribution in [0, 0.1) is 0 Å². The first-order valence-electron chi connectivity index (χ1n) is 42.3. The lowest BCUT2D eigenvalue weighted by atomic mass is 10.0. The van der Waals surface area contributed by atoms with Crippen LogP contribution in [-0.4, -0.2) is 579 Å². The van der Waals surface area contributed by atoms with E-state index in [1.807, 2.05) is 0 Å². The number of carboxylic acid groups (broad SMARTS) is 6. The van der Waals surface area contributed by atoms with E-state index in [2.05, 4.69) is 51.7 Å². The molecule has 1 heterocycles. The lowest BCUT2D eigenvalue weighted by Gasteiger charge is -2.25. The van der Waals surface area contributed by atoms with Gasteiger partial charge in [-0.1, -0.05) is 5.21 Å². The van der Waals surface area contributed by atoms with E-state index in [4.69, 9.17) is 122 Å². The summed E-state index contributed by atoms with van der Waals surface area (Å²) >= 11 is 0. The smallest absolute Gasteiger partial charge is 0.397 e. The summed E-state index contributed by atoms with van der Waals surface area (Å²) in [4.78, 5) is 222. The van der Waals surface area contributed by atoms with Crippen LogP contribution in [0.25, 0.3) is 0 Å². The molecule has 33 atom stereocenters. The molecule has 9 unspecified atom stereocenters. The minimum absolute atomic E-state index is 0.100. The fourth-order valence-electron chi connectivity index (χ4n) is 9.10. The third kappa shape index (κ3) is 72.5. The van der Waals surface area contributed by atoms with E-state index >= 15 is 0 Å². The molecular formula is C74H134N18O57S. The number of carbonyl (C=O) groups is 21. The number of amides is 7. The molecule has 0 aliphatic rings. The van der Waals surface area contributed by atoms with Crippen molar-refractivity contribution in [3.8, 4) is 0 Å². The summed E-state index contributed by atoms with van der Waals surface area (Å²) < 4.78 is 34.2. The number of rotatable bonds is 67. The zero-order valence-corrected chi connectivity index (χ0v) is 79.2. The van der Waals surface area contributed by atoms with Gasteiger partial charge >= 0.3 is 46.2 Å². The normalized spacial score (nSPS) is 17.6. The van der Waals surface area contributed by atoms with Gasteiger partial charge in [0.05, 0.1) is 98.2 Å². The predicted molar refractivity (Wildman–Crippen MR) is 480 cm³/mol. The fourth-order valence-corrected chi connectivity index (χ4v) is 9.38. The number of aromatic nitrogens is 3. The van der Waals surface area contributed by atoms with Crippen molar-refractivity contribution in [3.63, 3.8) is 0 Å². The van der Waals surface area contributed by atoms with Gasteiger partial charge in [-0.15, -0.1) is 5.10 Å². The number of hydrogen-bond acceptors (Lipinski definition) is 60. The summed E-state index contributed by atoms with van der Waals surface area (Å²) in [7, 11) is -4.44. The number of nitrogens with two attached hydrogens (primary N) is 8. The standard InChI is InChI=1S/3C10H18N2O8.C10H20N2O7.3C9H16N2O7.C7H12N4O5S/c3*11-4(3-13)1-6(15)12-2-5(14)7(16)8(17)9(18)10(19)20;11-5(3-13)1-8(17)12-2-6(15)9(18)10(19)7(16)4-14;3*10-4(3-12)1-6(14)11-2-5(13)7(15)8(16)9(17)18;8-6(5-12)3-7-4-11(10-9-7)1-2-16-17(13,14)15/h3*3-5,7-9,14,16-18H,1-2,11H2,(H,12,15)(H,19,20);3,5-7,9-10,14-16,18-19H,1-2,4,11H2,(H,12,17);3*3-5,7-8,13,15-16H,1-2,10H2,(H,11,14)(H,17,18);4-6H,1-3,8H2,(H,13,14,15)/t4-,5+,7-,8+,9+;4-,5-,7+,8-,9-;;5-,6+,7-,9-,10-;4-,5-,7+,8+;4-,5-,7+,8-;;6-/m10.100.0/s1. The molecule has 56 N–H and O–H groups in total. The topological polar surface area (TPSA) is 1390 Å². The van der Waals surface area contributed by atoms with Crippen LogP contribution in [0.5, 0.6) is 0 Å². The highest BCUT2D eigenvalue weighted by atomic mass is 32.3. The Labute approximate surface area is 844 Å². The molecule has 1 rings (SSSR count). The number of aldehydes is 8. The van der Waals surface area contributed by atoms with Gasteiger partial charge < -0.3 is 285 Å². The van der Waals surface area contributed by atoms with Crippen molar-refractivity contribution in [2.45, 2.75) is 259 Å². The zero-order valence-electron chi connectivity index (χ0n) is 78.4. The lowest BCUT2D eigenvalue weighted by Crippen LogP contribution is -2.51. The van der Waals surface area contributed by atoms with Crippen LogP contribution in [0.3, 0.4) is 0 Å². The fraction of sp³-hybridized carbons (Fsp3) is 0.689. The van der Waals surface area contributed by atoms with Gasteiger partial charge in [0.15, 0.2) is 36.6 Å². The van der Waals surface area contributed by atoms with Crippen molar-refractivity contribution in [3.05, 3.63) is 11.9 Å². The molecule has 0 saturated heterocycles. The third-order valence-corrected chi connectivity index (χ3v) is 18.2. The van der Waals surface area contributed by atoms with Gasteiger partial charge in [0.25, 0.3) is 0 Å². The largest absolute Gasteiger partial charge is 0.479 e. The Balaban J connectivity index is -0.000000312. The minimum atomic E-state index is -4.44. The highest BCUT2D eigenvalue weighted by molar-refractivity contribution is 7.80. The average molecular weight is 2220 g/mol. The van der Waals surface area contributed by atoms with Crippen molar-refractivity contribution in [1.29, 1.82) is 0 Å². The van der Waals surface area contributed by atoms with Gasteiger partial charge in [-0.25, -0.2) is 37.6 Å². The SMILES string of the molecule is NC(C=O)CC(=O)NCC(O)C(O)C(O)C(=O)O.NC(C=O)CC(=O)NCC(O)C(O)C(O)C(O)C(=O)O.N[C@@H](C=O)CC(=O)NC[C@H](O)[C@@H](O)[C@H](O)[C@H](O)C(=O)O.N[C@@H](C=O)CC(=O)NC[C@H](O)[C@@H](O)[C@H](O)[C@H](O)CO.N[C@H](C=O)CC(=O)NC[C@H](O)[C@@H](O)[C@@H](O)C(=O)O.N[C@H](C=O)CC(=O)NC[C@H](O)[C@@H](O)[C@H](O)C(=O)O.N[C@H](C=O)CC(=O)NC[C@H](O)[C@@H](O)[C@H](O)[C@H](O)C(=O)O.N[C@H](C=O)Cc1cn(CCOS(=O)(=O)O)nn1. The number of nitrogens with one attached hydrogen (secondary N) is 7. The molecule has 150 heavy (non-hydrogen) atoms. The number of carbonyl (C=O) groups excluding carboxylic acids is 15. The second kappa shape index (κ2) is 82.8. The monoisotopic (exact) mass is 2220 g/mol. The van der Waals surface area contributed by atoms with Crippen molar-refractivity contribution in [2.75, 3.05) is 59.0 Å². The molecule has 76 heteroatoms. The minimum Gasteiger partial charge on any atom is -0.479 e. The van der Waals surface area contributed by atoms with Gasteiger partial charge in [-0.3, -0.25) is 38.1 Å². The molecule has 0 aliphatic carbocycles. The molecule has 75 nitrogen and oxygen atoms in total. The maximum Gasteiger partial charge on any atom is 0.397 e. The Bertz CT molecular complexity index is 4000. The third-order valence-electron chi connectivity index (χ3n) is 17.7. The van der Waals surface area contributed by atoms with Crippen LogP contribution in [-0.2, 0) is 128 Å². The van der Waals surface area contributed by atoms with Crippen LogP contribution in [0.15, 0.2) is 6.20 Å². The van der Waals surface area contributed by atoms with E-state index in [-0.39, 0.29) is 64.5 Å². The van der Waals surface area contributed by atoms with E-state index in [9.17, 15) is 201 Å². The van der Waals surface area contributed by atoms with Crippen LogP contribution in [0.4, 0.5) is 0 Å². The number of aliphatic hydroxyl groups is 26. The van der Waals surface area contributed by atoms with E-state index < -0.39 is 341 Å². The molecule has 0 saturated carbocycles. The summed E-state index contributed by atoms with van der Waals surface area (Å²) in [5.41, 5.74) is 42.2. The summed E-state index contributed by atoms with van der Waals surface area (Å²) in [6.07, 6.45) is -45.4. The second-order valence-corrected chi connectivity index (χ2v) is 31.8. The Morgan fingerprint density at radius 1 is 0.287 bits per heavy atom. The first kappa shape index (κ1) is 151. The average Bonchev–Trinajstić information content (AvgIpc) is 1.67. The van der Waals surface area contributed by atoms with Crippen molar-refractivity contribution < 1.29 is 281 Å². The van der Waals surface area contributed by atoms with Crippen molar-refractivity contribution in [1.82, 2.24) is 52.2 Å². The van der Waals surface area contributed by atoms with E-state index in [0.29, 0.717) is 56.0 Å². The first-order valence-corrected chi connectivity index (χ1v) is 43.6. The summed E-state index contributed by atoms with van der Waals surface area (Å²) in [6.45, 7) is -4.34. The maximum absolute atomic E-state index is 11.2. The number of aliphatic carboxylic acids is 6. The number of aliphatic hydroxyl groups excluding tert-OH is 26. The van der Waals surface area contributed by atoms with Gasteiger partial charge in [0.2, 0.25) is 41.4 Å². The zero-order chi connectivity index (χ0) is 118. The molecule has 7 amide bonds. The number of nitrogens with zero attached hydrogens (tertiary/aromatic N) is 3. The van der Waals surface area contributed by atoms with Crippen LogP contribution >= 0.6 is 0 Å². The summed E-state index contributed by atoms with van der Waals surface area (Å²) in [5.74, 6) is -15.0. The van der Waals surface area contributed by atoms with Crippen LogP contribution in [0.2, 0.25) is 0 Å². The Morgan fingerprint density at radius 3 is 0.620 bits per heavy atom. The van der Waals surface area contributed by atoms with Gasteiger partial charge in [0, 0.05) is 103 Å². The highest BCUT2D eigenvalue weighted by Crippen LogP contribution is 2.12. The summed E-state index contributed by atoms with van der Waals surface area (Å²) in [5, 5.41) is 312. The Morgan fingerprint density at radius 2 is 0.453 bits per heavy atom. The van der Waals surface area contributed by atoms with Crippen molar-refractivity contribution in [2.24, 2.45) is 45.9 Å². The highest BCUT2D eigenvalue weighted by Gasteiger charge is 2.40. The van der Waals surface area contributed by atoms with Gasteiger partial charge in [0.1, 0.15) is 142 Å². The molecule has 1 aromatic rings. The summed E-state index contributed by atoms with van der Waals surface area (Å²) in [6, 6.07) is -7.53. The van der Waals surface area contributed by atoms with Crippen LogP contribution in [0.1, 0.15) is 50.6 Å². The quantitative estimate of drug-likeness (QED) is 0.0213. The molecule has 0 fully saturated rings. The van der Waals surface area contributed by atoms with Crippen LogP contribution < -0.4 is 83.1 Å². The Kier molecular flexibility index (Phi) is 83.4. The van der Waals surface area contributed by atoms with E-state index in [1.165, 1.54) is 10.9 Å². The molecular weight excluding hydrogens is 2080 g/mol. The lowest BCUT2D eigenvalue weighted by molar-refractivity contribution is -0.163. The predicted octanol–water partition coefficient (Wildman–Crippen LogP) is -31.2. The molecule has 0 bridgehead atoms. The maximum atomic E-state index is 11.2. The molecule has 1 aromatic heterocycles. The van der Waals surface area contributed by atoms with Gasteiger partial charge in [-0.2, -0.15) is 8.42 Å². The van der Waals surface area contributed by atoms with E-state index in [1.54, 1.807) is 0 Å².